The van der Waals surface area contributed by atoms with Crippen LogP contribution in [0.5, 0.6) is 0 Å². The molecule has 0 atom stereocenters. The molecule has 0 bridgehead atoms. The van der Waals surface area contributed by atoms with Crippen LogP contribution >= 0.6 is 0 Å². The van der Waals surface area contributed by atoms with Gasteiger partial charge in [0.15, 0.2) is 0 Å². The summed E-state index contributed by atoms with van der Waals surface area (Å²) in [6.45, 7) is 6.67. The Morgan fingerprint density at radius 3 is 2.30 bits per heavy atom. The van der Waals surface area contributed by atoms with Crippen molar-refractivity contribution >= 4 is 27.7 Å². The Labute approximate surface area is 195 Å². The molecule has 0 unspecified atom stereocenters. The van der Waals surface area contributed by atoms with Gasteiger partial charge < -0.3 is 10.1 Å². The summed E-state index contributed by atoms with van der Waals surface area (Å²) in [5.74, 6) is -0.312. The Hall–Kier alpha value is -2.91. The maximum atomic E-state index is 12.8. The third kappa shape index (κ3) is 7.03. The second kappa shape index (κ2) is 10.4. The topological polar surface area (TPSA) is 105 Å². The summed E-state index contributed by atoms with van der Waals surface area (Å²) >= 11 is 0. The molecule has 1 saturated heterocycles. The predicted octanol–water partition coefficient (Wildman–Crippen LogP) is 4.14. The van der Waals surface area contributed by atoms with Gasteiger partial charge >= 0.3 is 6.09 Å². The zero-order chi connectivity index (χ0) is 24.1. The van der Waals surface area contributed by atoms with Gasteiger partial charge in [-0.3, -0.25) is 10.1 Å². The van der Waals surface area contributed by atoms with Crippen molar-refractivity contribution in [2.45, 2.75) is 57.1 Å². The van der Waals surface area contributed by atoms with E-state index in [2.05, 4.69) is 10.6 Å². The zero-order valence-electron chi connectivity index (χ0n) is 19.3. The van der Waals surface area contributed by atoms with Crippen LogP contribution in [-0.2, 0) is 21.3 Å². The van der Waals surface area contributed by atoms with E-state index < -0.39 is 21.7 Å². The molecule has 1 aliphatic heterocycles. The second-order valence-electron chi connectivity index (χ2n) is 9.00. The number of carbonyl (C=O) groups is 2. The van der Waals surface area contributed by atoms with E-state index in [0.29, 0.717) is 24.3 Å². The van der Waals surface area contributed by atoms with Crippen LogP contribution in [-0.4, -0.2) is 43.4 Å². The lowest BCUT2D eigenvalue weighted by Crippen LogP contribution is -2.35. The van der Waals surface area contributed by atoms with Crippen LogP contribution in [0, 0.1) is 0 Å². The first-order valence-corrected chi connectivity index (χ1v) is 12.5. The first kappa shape index (κ1) is 24.7. The molecule has 0 spiro atoms. The fourth-order valence-corrected chi connectivity index (χ4v) is 4.99. The van der Waals surface area contributed by atoms with Crippen LogP contribution < -0.4 is 10.6 Å². The van der Waals surface area contributed by atoms with Gasteiger partial charge in [-0.05, 0) is 69.5 Å². The van der Waals surface area contributed by atoms with E-state index >= 15 is 0 Å². The van der Waals surface area contributed by atoms with Crippen LogP contribution in [0.2, 0.25) is 0 Å². The van der Waals surface area contributed by atoms with Crippen LogP contribution in [0.15, 0.2) is 53.4 Å². The molecule has 3 rings (SSSR count). The van der Waals surface area contributed by atoms with Crippen molar-refractivity contribution in [3.05, 3.63) is 59.7 Å². The minimum Gasteiger partial charge on any atom is -0.444 e. The van der Waals surface area contributed by atoms with Crippen LogP contribution in [0.4, 0.5) is 10.5 Å². The number of amides is 2. The molecule has 2 N–H and O–H groups in total. The summed E-state index contributed by atoms with van der Waals surface area (Å²) in [6.07, 6.45) is 2.24. The number of nitrogens with one attached hydrogen (secondary N) is 2. The molecular weight excluding hydrogens is 442 g/mol. The Morgan fingerprint density at radius 2 is 1.67 bits per heavy atom. The molecule has 0 aliphatic carbocycles. The second-order valence-corrected chi connectivity index (χ2v) is 10.9. The molecule has 33 heavy (non-hydrogen) atoms. The predicted molar refractivity (Wildman–Crippen MR) is 127 cm³/mol. The molecule has 2 aromatic rings. The van der Waals surface area contributed by atoms with E-state index in [1.54, 1.807) is 69.3 Å². The summed E-state index contributed by atoms with van der Waals surface area (Å²) in [5.41, 5.74) is 0.989. The van der Waals surface area contributed by atoms with Crippen molar-refractivity contribution in [3.8, 4) is 0 Å². The maximum absolute atomic E-state index is 12.8. The van der Waals surface area contributed by atoms with Crippen molar-refractivity contribution in [2.24, 2.45) is 0 Å². The van der Waals surface area contributed by atoms with Gasteiger partial charge in [0.2, 0.25) is 10.0 Å². The number of rotatable bonds is 6. The third-order valence-corrected chi connectivity index (χ3v) is 7.01. The Kier molecular flexibility index (Phi) is 7.76. The van der Waals surface area contributed by atoms with Gasteiger partial charge in [0, 0.05) is 30.9 Å². The number of piperidine rings is 1. The van der Waals surface area contributed by atoms with Gasteiger partial charge in [0.1, 0.15) is 5.60 Å². The van der Waals surface area contributed by atoms with E-state index in [0.717, 1.165) is 24.8 Å². The van der Waals surface area contributed by atoms with Gasteiger partial charge in [-0.15, -0.1) is 0 Å². The molecule has 0 aromatic heterocycles. The average molecular weight is 474 g/mol. The first-order valence-electron chi connectivity index (χ1n) is 11.0. The molecule has 1 aliphatic rings. The molecular formula is C24H31N3O5S. The van der Waals surface area contributed by atoms with E-state index in [9.17, 15) is 18.0 Å². The van der Waals surface area contributed by atoms with E-state index in [4.69, 9.17) is 4.74 Å². The van der Waals surface area contributed by atoms with Gasteiger partial charge in [0.25, 0.3) is 5.91 Å². The third-order valence-electron chi connectivity index (χ3n) is 5.10. The Morgan fingerprint density at radius 1 is 1.00 bits per heavy atom. The molecule has 0 saturated carbocycles. The molecule has 1 fully saturated rings. The highest BCUT2D eigenvalue weighted by Crippen LogP contribution is 2.21. The van der Waals surface area contributed by atoms with E-state index in [1.165, 1.54) is 4.31 Å². The lowest BCUT2D eigenvalue weighted by atomic mass is 10.1. The molecule has 9 heteroatoms. The van der Waals surface area contributed by atoms with E-state index in [1.807, 2.05) is 0 Å². The number of nitrogens with zero attached hydrogens (tertiary/aromatic N) is 1. The van der Waals surface area contributed by atoms with Gasteiger partial charge in [0.05, 0.1) is 4.90 Å². The number of hydrogen-bond donors (Lipinski definition) is 2. The monoisotopic (exact) mass is 473 g/mol. The standard InChI is InChI=1S/C24H31N3O5S/c1-24(2,3)32-23(29)26-20-9-7-8-19(16-20)22(28)25-17-18-10-12-21(13-11-18)33(30,31)27-14-5-4-6-15-27/h7-13,16H,4-6,14-15,17H2,1-3H3,(H,25,28)(H,26,29). The van der Waals surface area contributed by atoms with Gasteiger partial charge in [-0.1, -0.05) is 24.6 Å². The van der Waals surface area contributed by atoms with Crippen molar-refractivity contribution in [3.63, 3.8) is 0 Å². The molecule has 8 nitrogen and oxygen atoms in total. The fourth-order valence-electron chi connectivity index (χ4n) is 3.48. The summed E-state index contributed by atoms with van der Waals surface area (Å²) in [6, 6.07) is 13.1. The van der Waals surface area contributed by atoms with Crippen LogP contribution in [0.3, 0.4) is 0 Å². The number of hydrogen-bond acceptors (Lipinski definition) is 5. The van der Waals surface area contributed by atoms with Crippen molar-refractivity contribution in [1.82, 2.24) is 9.62 Å². The minimum absolute atomic E-state index is 0.243. The average Bonchev–Trinajstić information content (AvgIpc) is 2.77. The van der Waals surface area contributed by atoms with Crippen LogP contribution in [0.25, 0.3) is 0 Å². The summed E-state index contributed by atoms with van der Waals surface area (Å²) in [5, 5.41) is 5.43. The SMILES string of the molecule is CC(C)(C)OC(=O)Nc1cccc(C(=O)NCc2ccc(S(=O)(=O)N3CCCCC3)cc2)c1. The maximum Gasteiger partial charge on any atom is 0.412 e. The molecule has 178 valence electrons. The largest absolute Gasteiger partial charge is 0.444 e. The summed E-state index contributed by atoms with van der Waals surface area (Å²) < 4.78 is 32.3. The summed E-state index contributed by atoms with van der Waals surface area (Å²) in [4.78, 5) is 24.8. The first-order chi connectivity index (χ1) is 15.5. The Balaban J connectivity index is 1.58. The van der Waals surface area contributed by atoms with Crippen LogP contribution in [0.1, 0.15) is 56.0 Å². The normalized spacial score (nSPS) is 15.0. The molecule has 0 radical (unpaired) electrons. The minimum atomic E-state index is -3.48. The number of sulfonamides is 1. The van der Waals surface area contributed by atoms with Crippen molar-refractivity contribution in [1.29, 1.82) is 0 Å². The number of carbonyl (C=O) groups excluding carboxylic acids is 2. The quantitative estimate of drug-likeness (QED) is 0.656. The van der Waals surface area contributed by atoms with Crippen molar-refractivity contribution < 1.29 is 22.7 Å². The van der Waals surface area contributed by atoms with Gasteiger partial charge in [-0.25, -0.2) is 13.2 Å². The lowest BCUT2D eigenvalue weighted by molar-refractivity contribution is 0.0635. The highest BCUT2D eigenvalue weighted by molar-refractivity contribution is 7.89. The van der Waals surface area contributed by atoms with E-state index in [-0.39, 0.29) is 17.3 Å². The Bertz CT molecular complexity index is 1090. The van der Waals surface area contributed by atoms with Crippen molar-refractivity contribution in [2.75, 3.05) is 18.4 Å². The zero-order valence-corrected chi connectivity index (χ0v) is 20.1. The number of anilines is 1. The smallest absolute Gasteiger partial charge is 0.412 e. The molecule has 1 heterocycles. The molecule has 2 amide bonds. The number of ether oxygens (including phenoxy) is 1. The highest BCUT2D eigenvalue weighted by Gasteiger charge is 2.25. The lowest BCUT2D eigenvalue weighted by Gasteiger charge is -2.25. The number of benzene rings is 2. The fraction of sp³-hybridized carbons (Fsp3) is 0.417. The highest BCUT2D eigenvalue weighted by atomic mass is 32.2. The van der Waals surface area contributed by atoms with Gasteiger partial charge in [-0.2, -0.15) is 4.31 Å². The molecule has 2 aromatic carbocycles. The summed E-state index contributed by atoms with van der Waals surface area (Å²) in [7, 11) is -3.48.